The van der Waals surface area contributed by atoms with Gasteiger partial charge in [0.25, 0.3) is 5.91 Å². The smallest absolute Gasteiger partial charge is 0.255 e. The van der Waals surface area contributed by atoms with Crippen molar-refractivity contribution in [1.82, 2.24) is 15.4 Å². The van der Waals surface area contributed by atoms with Gasteiger partial charge in [-0.15, -0.1) is 0 Å². The second-order valence-electron chi connectivity index (χ2n) is 6.86. The minimum atomic E-state index is -3.75. The van der Waals surface area contributed by atoms with Gasteiger partial charge in [-0.25, -0.2) is 13.1 Å². The highest BCUT2D eigenvalue weighted by Crippen LogP contribution is 2.34. The van der Waals surface area contributed by atoms with Crippen molar-refractivity contribution in [3.05, 3.63) is 17.7 Å². The molecule has 3 N–H and O–H groups in total. The normalized spacial score (nSPS) is 18.4. The van der Waals surface area contributed by atoms with E-state index in [-0.39, 0.29) is 40.0 Å². The van der Waals surface area contributed by atoms with Crippen LogP contribution in [0.5, 0.6) is 11.5 Å². The van der Waals surface area contributed by atoms with E-state index in [1.807, 2.05) is 13.8 Å². The van der Waals surface area contributed by atoms with Gasteiger partial charge in [0.2, 0.25) is 10.0 Å². The molecular formula is C18H29N3O5S. The lowest BCUT2D eigenvalue weighted by atomic mass is 9.94. The van der Waals surface area contributed by atoms with Crippen LogP contribution in [0.15, 0.2) is 17.0 Å². The first-order valence-corrected chi connectivity index (χ1v) is 10.5. The Kier molecular flexibility index (Phi) is 7.07. The minimum Gasteiger partial charge on any atom is -0.493 e. The number of carbonyl (C=O) groups is 1. The van der Waals surface area contributed by atoms with Crippen LogP contribution in [-0.4, -0.2) is 54.2 Å². The van der Waals surface area contributed by atoms with Gasteiger partial charge >= 0.3 is 0 Å². The summed E-state index contributed by atoms with van der Waals surface area (Å²) >= 11 is 0. The fourth-order valence-electron chi connectivity index (χ4n) is 3.36. The Morgan fingerprint density at radius 2 is 1.96 bits per heavy atom. The SMILES string of the molecule is CNS(=O)(=O)c1cc(OC)c(OC)c(C(=O)NC(C(C)C)C2CCCN2)c1. The van der Waals surface area contributed by atoms with Crippen molar-refractivity contribution in [3.8, 4) is 11.5 Å². The van der Waals surface area contributed by atoms with E-state index in [9.17, 15) is 13.2 Å². The molecule has 1 aromatic rings. The van der Waals surface area contributed by atoms with Crippen molar-refractivity contribution in [1.29, 1.82) is 0 Å². The molecule has 2 atom stereocenters. The summed E-state index contributed by atoms with van der Waals surface area (Å²) in [5.41, 5.74) is 0.120. The quantitative estimate of drug-likeness (QED) is 0.605. The zero-order valence-electron chi connectivity index (χ0n) is 16.5. The molecule has 2 unspecified atom stereocenters. The predicted molar refractivity (Wildman–Crippen MR) is 103 cm³/mol. The number of carbonyl (C=O) groups excluding carboxylic acids is 1. The number of nitrogens with one attached hydrogen (secondary N) is 3. The highest BCUT2D eigenvalue weighted by atomic mass is 32.2. The number of ether oxygens (including phenoxy) is 2. The van der Waals surface area contributed by atoms with Crippen LogP contribution in [-0.2, 0) is 10.0 Å². The fourth-order valence-corrected chi connectivity index (χ4v) is 4.13. The van der Waals surface area contributed by atoms with Gasteiger partial charge in [-0.3, -0.25) is 4.79 Å². The highest BCUT2D eigenvalue weighted by Gasteiger charge is 2.30. The van der Waals surface area contributed by atoms with E-state index >= 15 is 0 Å². The van der Waals surface area contributed by atoms with Crippen LogP contribution in [0.4, 0.5) is 0 Å². The summed E-state index contributed by atoms with van der Waals surface area (Å²) in [5.74, 6) is 0.193. The molecule has 0 aliphatic carbocycles. The van der Waals surface area contributed by atoms with E-state index in [1.165, 1.54) is 33.4 Å². The summed E-state index contributed by atoms with van der Waals surface area (Å²) < 4.78 is 37.3. The first kappa shape index (κ1) is 21.5. The molecular weight excluding hydrogens is 370 g/mol. The average Bonchev–Trinajstić information content (AvgIpc) is 3.18. The standard InChI is InChI=1S/C18H29N3O5S/c1-11(2)16(14-7-6-8-20-14)21-18(22)13-9-12(27(23,24)19-3)10-15(25-4)17(13)26-5/h9-11,14,16,19-20H,6-8H2,1-5H3,(H,21,22). The summed E-state index contributed by atoms with van der Waals surface area (Å²) in [6, 6.07) is 2.74. The van der Waals surface area contributed by atoms with E-state index in [2.05, 4.69) is 15.4 Å². The molecule has 0 bridgehead atoms. The van der Waals surface area contributed by atoms with E-state index < -0.39 is 15.9 Å². The lowest BCUT2D eigenvalue weighted by Crippen LogP contribution is -2.50. The number of sulfonamides is 1. The van der Waals surface area contributed by atoms with Crippen LogP contribution >= 0.6 is 0 Å². The molecule has 1 amide bonds. The Labute approximate surface area is 161 Å². The maximum Gasteiger partial charge on any atom is 0.255 e. The molecule has 1 aromatic carbocycles. The van der Waals surface area contributed by atoms with Crippen LogP contribution in [0.1, 0.15) is 37.0 Å². The molecule has 8 nitrogen and oxygen atoms in total. The van der Waals surface area contributed by atoms with Crippen molar-refractivity contribution < 1.29 is 22.7 Å². The Hall–Kier alpha value is -1.84. The monoisotopic (exact) mass is 399 g/mol. The van der Waals surface area contributed by atoms with Crippen molar-refractivity contribution in [2.24, 2.45) is 5.92 Å². The van der Waals surface area contributed by atoms with Crippen LogP contribution in [0.3, 0.4) is 0 Å². The molecule has 1 aliphatic rings. The molecule has 1 heterocycles. The maximum absolute atomic E-state index is 13.0. The van der Waals surface area contributed by atoms with Crippen molar-refractivity contribution in [2.45, 2.75) is 43.7 Å². The van der Waals surface area contributed by atoms with Crippen LogP contribution < -0.4 is 24.8 Å². The molecule has 27 heavy (non-hydrogen) atoms. The summed E-state index contributed by atoms with van der Waals surface area (Å²) in [6.45, 7) is 5.02. The maximum atomic E-state index is 13.0. The molecule has 0 radical (unpaired) electrons. The lowest BCUT2D eigenvalue weighted by molar-refractivity contribution is 0.0910. The van der Waals surface area contributed by atoms with Gasteiger partial charge in [0.15, 0.2) is 11.5 Å². The zero-order valence-corrected chi connectivity index (χ0v) is 17.3. The van der Waals surface area contributed by atoms with Crippen LogP contribution in [0.2, 0.25) is 0 Å². The molecule has 0 saturated carbocycles. The Balaban J connectivity index is 2.44. The van der Waals surface area contributed by atoms with Gasteiger partial charge in [0, 0.05) is 18.2 Å². The molecule has 1 aliphatic heterocycles. The van der Waals surface area contributed by atoms with Gasteiger partial charge in [0.05, 0.1) is 24.7 Å². The van der Waals surface area contributed by atoms with Gasteiger partial charge < -0.3 is 20.1 Å². The van der Waals surface area contributed by atoms with Crippen LogP contribution in [0.25, 0.3) is 0 Å². The zero-order chi connectivity index (χ0) is 20.2. The minimum absolute atomic E-state index is 0.0621. The van der Waals surface area contributed by atoms with E-state index in [1.54, 1.807) is 0 Å². The number of rotatable bonds is 8. The molecule has 0 aromatic heterocycles. The second-order valence-corrected chi connectivity index (χ2v) is 8.75. The number of benzene rings is 1. The largest absolute Gasteiger partial charge is 0.493 e. The molecule has 2 rings (SSSR count). The van der Waals surface area contributed by atoms with E-state index in [0.29, 0.717) is 0 Å². The number of hydrogen-bond donors (Lipinski definition) is 3. The Morgan fingerprint density at radius 3 is 2.44 bits per heavy atom. The highest BCUT2D eigenvalue weighted by molar-refractivity contribution is 7.89. The second kappa shape index (κ2) is 8.90. The van der Waals surface area contributed by atoms with Crippen molar-refractivity contribution in [2.75, 3.05) is 27.8 Å². The van der Waals surface area contributed by atoms with Crippen molar-refractivity contribution >= 4 is 15.9 Å². The first-order valence-electron chi connectivity index (χ1n) is 8.99. The molecule has 1 saturated heterocycles. The Morgan fingerprint density at radius 1 is 1.26 bits per heavy atom. The van der Waals surface area contributed by atoms with Crippen LogP contribution in [0, 0.1) is 5.92 Å². The number of hydrogen-bond acceptors (Lipinski definition) is 6. The summed E-state index contributed by atoms with van der Waals surface area (Å²) in [5, 5.41) is 6.46. The first-order chi connectivity index (χ1) is 12.7. The third kappa shape index (κ3) is 4.72. The number of amides is 1. The Bertz CT molecular complexity index is 773. The molecule has 152 valence electrons. The third-order valence-corrected chi connectivity index (χ3v) is 6.22. The third-order valence-electron chi connectivity index (χ3n) is 4.82. The molecule has 0 spiro atoms. The van der Waals surface area contributed by atoms with E-state index in [4.69, 9.17) is 9.47 Å². The topological polar surface area (TPSA) is 106 Å². The fraction of sp³-hybridized carbons (Fsp3) is 0.611. The summed E-state index contributed by atoms with van der Waals surface area (Å²) in [7, 11) is 0.375. The van der Waals surface area contributed by atoms with Gasteiger partial charge in [0.1, 0.15) is 0 Å². The van der Waals surface area contributed by atoms with Crippen molar-refractivity contribution in [3.63, 3.8) is 0 Å². The van der Waals surface area contributed by atoms with E-state index in [0.717, 1.165) is 19.4 Å². The number of methoxy groups -OCH3 is 2. The molecule has 1 fully saturated rings. The summed E-state index contributed by atoms with van der Waals surface area (Å²) in [6.07, 6.45) is 2.05. The van der Waals surface area contributed by atoms with Gasteiger partial charge in [-0.1, -0.05) is 13.8 Å². The van der Waals surface area contributed by atoms with Gasteiger partial charge in [-0.05, 0) is 38.4 Å². The predicted octanol–water partition coefficient (Wildman–Crippen LogP) is 1.12. The average molecular weight is 400 g/mol. The summed E-state index contributed by atoms with van der Waals surface area (Å²) in [4.78, 5) is 13.0. The molecule has 9 heteroatoms. The lowest BCUT2D eigenvalue weighted by Gasteiger charge is -2.29. The van der Waals surface area contributed by atoms with Gasteiger partial charge in [-0.2, -0.15) is 0 Å².